The molecule has 38 heavy (non-hydrogen) atoms. The Morgan fingerprint density at radius 2 is 1.66 bits per heavy atom. The standard InChI is InChI=1S/C27H25BrN2O7S/c1-36-19-9-12-21(22(15-19)37-2)24-23(25(31)17-5-7-18(28)8-6-17)26(32)27(33)30(24)14-13-16-3-10-20(11-4-16)38(29,34)35/h3-12,15,24,31H,13-14H2,1-2H3,(H2,29,34,35)/b25-23+. The molecule has 0 radical (unpaired) electrons. The lowest BCUT2D eigenvalue weighted by Crippen LogP contribution is -2.32. The summed E-state index contributed by atoms with van der Waals surface area (Å²) in [5.41, 5.74) is 1.54. The second-order valence-electron chi connectivity index (χ2n) is 8.55. The first kappa shape index (κ1) is 27.4. The molecule has 1 amide bonds. The Balaban J connectivity index is 1.79. The number of ether oxygens (including phenoxy) is 2. The highest BCUT2D eigenvalue weighted by Crippen LogP contribution is 2.43. The summed E-state index contributed by atoms with van der Waals surface area (Å²) in [6, 6.07) is 16.8. The van der Waals surface area contributed by atoms with Crippen LogP contribution in [0.15, 0.2) is 81.7 Å². The Morgan fingerprint density at radius 1 is 1.00 bits per heavy atom. The molecular formula is C27H25BrN2O7S. The van der Waals surface area contributed by atoms with E-state index in [-0.39, 0.29) is 22.8 Å². The first-order valence-corrected chi connectivity index (χ1v) is 13.8. The summed E-state index contributed by atoms with van der Waals surface area (Å²) in [6.45, 7) is 0.107. The van der Waals surface area contributed by atoms with Crippen LogP contribution in [-0.4, -0.2) is 50.9 Å². The number of halogens is 1. The zero-order valence-electron chi connectivity index (χ0n) is 20.5. The maximum absolute atomic E-state index is 13.3. The molecule has 0 aliphatic carbocycles. The van der Waals surface area contributed by atoms with Crippen LogP contribution in [0.2, 0.25) is 0 Å². The zero-order chi connectivity index (χ0) is 27.6. The van der Waals surface area contributed by atoms with Crippen molar-refractivity contribution in [3.8, 4) is 11.5 Å². The summed E-state index contributed by atoms with van der Waals surface area (Å²) in [5.74, 6) is -1.00. The van der Waals surface area contributed by atoms with Crippen LogP contribution in [0.25, 0.3) is 5.76 Å². The van der Waals surface area contributed by atoms with Gasteiger partial charge in [0.1, 0.15) is 17.3 Å². The molecule has 1 aliphatic heterocycles. The van der Waals surface area contributed by atoms with Crippen LogP contribution >= 0.6 is 15.9 Å². The van der Waals surface area contributed by atoms with Gasteiger partial charge in [0.15, 0.2) is 0 Å². The predicted molar refractivity (Wildman–Crippen MR) is 144 cm³/mol. The van der Waals surface area contributed by atoms with Crippen LogP contribution in [0.3, 0.4) is 0 Å². The van der Waals surface area contributed by atoms with Crippen LogP contribution in [0.4, 0.5) is 0 Å². The minimum Gasteiger partial charge on any atom is -0.507 e. The molecule has 0 bridgehead atoms. The van der Waals surface area contributed by atoms with Gasteiger partial charge in [-0.3, -0.25) is 9.59 Å². The average molecular weight is 601 g/mol. The SMILES string of the molecule is COc1ccc(C2/C(=C(\O)c3ccc(Br)cc3)C(=O)C(=O)N2CCc2ccc(S(N)(=O)=O)cc2)c(OC)c1. The minimum atomic E-state index is -3.84. The number of nitrogens with zero attached hydrogens (tertiary/aromatic N) is 1. The maximum Gasteiger partial charge on any atom is 0.295 e. The van der Waals surface area contributed by atoms with Gasteiger partial charge in [-0.2, -0.15) is 0 Å². The highest BCUT2D eigenvalue weighted by Gasteiger charge is 2.47. The van der Waals surface area contributed by atoms with Gasteiger partial charge in [-0.25, -0.2) is 13.6 Å². The number of aliphatic hydroxyl groups is 1. The summed E-state index contributed by atoms with van der Waals surface area (Å²) in [6.07, 6.45) is 0.311. The van der Waals surface area contributed by atoms with Crippen molar-refractivity contribution >= 4 is 43.4 Å². The fraction of sp³-hybridized carbons (Fsp3) is 0.185. The van der Waals surface area contributed by atoms with Gasteiger partial charge in [0, 0.05) is 28.2 Å². The van der Waals surface area contributed by atoms with Gasteiger partial charge in [-0.15, -0.1) is 0 Å². The molecule has 3 N–H and O–H groups in total. The van der Waals surface area contributed by atoms with E-state index in [1.54, 1.807) is 54.6 Å². The average Bonchev–Trinajstić information content (AvgIpc) is 3.16. The number of hydrogen-bond acceptors (Lipinski definition) is 7. The van der Waals surface area contributed by atoms with Crippen molar-refractivity contribution in [1.82, 2.24) is 4.90 Å². The van der Waals surface area contributed by atoms with Crippen LogP contribution < -0.4 is 14.6 Å². The molecule has 3 aromatic carbocycles. The normalized spacial score (nSPS) is 17.1. The first-order chi connectivity index (χ1) is 18.0. The number of hydrogen-bond donors (Lipinski definition) is 2. The van der Waals surface area contributed by atoms with Crippen molar-refractivity contribution in [3.05, 3.63) is 93.5 Å². The fourth-order valence-corrected chi connectivity index (χ4v) is 5.12. The van der Waals surface area contributed by atoms with E-state index in [0.717, 1.165) is 10.0 Å². The van der Waals surface area contributed by atoms with Crippen LogP contribution in [0.1, 0.15) is 22.7 Å². The van der Waals surface area contributed by atoms with Crippen molar-refractivity contribution in [1.29, 1.82) is 0 Å². The van der Waals surface area contributed by atoms with Gasteiger partial charge in [0.2, 0.25) is 10.0 Å². The maximum atomic E-state index is 13.3. The Hall–Kier alpha value is -3.67. The lowest BCUT2D eigenvalue weighted by molar-refractivity contribution is -0.139. The van der Waals surface area contributed by atoms with Gasteiger partial charge in [-0.1, -0.05) is 40.2 Å². The number of amides is 1. The second kappa shape index (κ2) is 11.0. The van der Waals surface area contributed by atoms with Gasteiger partial charge in [-0.05, 0) is 48.4 Å². The number of Topliss-reactive ketones (excluding diaryl/α,β-unsaturated/α-hetero) is 1. The lowest BCUT2D eigenvalue weighted by Gasteiger charge is -2.27. The molecule has 0 aromatic heterocycles. The Bertz CT molecular complexity index is 1520. The van der Waals surface area contributed by atoms with Crippen molar-refractivity contribution in [2.75, 3.05) is 20.8 Å². The topological polar surface area (TPSA) is 136 Å². The summed E-state index contributed by atoms with van der Waals surface area (Å²) in [7, 11) is -0.867. The number of primary sulfonamides is 1. The number of ketones is 1. The number of aliphatic hydroxyl groups excluding tert-OH is 1. The third-order valence-corrected chi connectivity index (χ3v) is 7.74. The molecule has 1 saturated heterocycles. The number of nitrogens with two attached hydrogens (primary N) is 1. The third-order valence-electron chi connectivity index (χ3n) is 6.29. The monoisotopic (exact) mass is 600 g/mol. The molecule has 11 heteroatoms. The Kier molecular flexibility index (Phi) is 7.91. The highest BCUT2D eigenvalue weighted by atomic mass is 79.9. The molecule has 1 atom stereocenters. The molecular weight excluding hydrogens is 576 g/mol. The zero-order valence-corrected chi connectivity index (χ0v) is 23.0. The molecule has 9 nitrogen and oxygen atoms in total. The number of likely N-dealkylation sites (tertiary alicyclic amines) is 1. The third kappa shape index (κ3) is 5.45. The lowest BCUT2D eigenvalue weighted by atomic mass is 9.94. The van der Waals surface area contributed by atoms with E-state index in [1.807, 2.05) is 0 Å². The number of carbonyl (C=O) groups excluding carboxylic acids is 2. The summed E-state index contributed by atoms with van der Waals surface area (Å²) >= 11 is 3.35. The Labute approximate surface area is 228 Å². The summed E-state index contributed by atoms with van der Waals surface area (Å²) < 4.78 is 34.8. The van der Waals surface area contributed by atoms with E-state index in [0.29, 0.717) is 29.0 Å². The van der Waals surface area contributed by atoms with E-state index in [4.69, 9.17) is 14.6 Å². The fourth-order valence-electron chi connectivity index (χ4n) is 4.34. The number of benzene rings is 3. The summed E-state index contributed by atoms with van der Waals surface area (Å²) in [4.78, 5) is 27.9. The molecule has 1 aliphatic rings. The number of methoxy groups -OCH3 is 2. The quantitative estimate of drug-likeness (QED) is 0.228. The first-order valence-electron chi connectivity index (χ1n) is 11.4. The molecule has 1 fully saturated rings. The van der Waals surface area contributed by atoms with Crippen molar-refractivity contribution in [2.24, 2.45) is 5.14 Å². The molecule has 0 spiro atoms. The Morgan fingerprint density at radius 3 is 2.24 bits per heavy atom. The van der Waals surface area contributed by atoms with E-state index in [9.17, 15) is 23.1 Å². The van der Waals surface area contributed by atoms with Crippen molar-refractivity contribution in [2.45, 2.75) is 17.4 Å². The van der Waals surface area contributed by atoms with E-state index in [2.05, 4.69) is 15.9 Å². The van der Waals surface area contributed by atoms with E-state index in [1.165, 1.54) is 31.3 Å². The molecule has 0 saturated carbocycles. The van der Waals surface area contributed by atoms with Gasteiger partial charge in [0.25, 0.3) is 11.7 Å². The second-order valence-corrected chi connectivity index (χ2v) is 11.0. The van der Waals surface area contributed by atoms with Crippen LogP contribution in [-0.2, 0) is 26.0 Å². The molecule has 3 aromatic rings. The largest absolute Gasteiger partial charge is 0.507 e. The highest BCUT2D eigenvalue weighted by molar-refractivity contribution is 9.10. The van der Waals surface area contributed by atoms with Gasteiger partial charge < -0.3 is 19.5 Å². The number of carbonyl (C=O) groups is 2. The predicted octanol–water partition coefficient (Wildman–Crippen LogP) is 3.78. The van der Waals surface area contributed by atoms with Crippen molar-refractivity contribution < 1.29 is 32.6 Å². The number of sulfonamides is 1. The molecule has 1 unspecified atom stereocenters. The number of rotatable bonds is 8. The van der Waals surface area contributed by atoms with Crippen LogP contribution in [0, 0.1) is 0 Å². The molecule has 1 heterocycles. The smallest absolute Gasteiger partial charge is 0.295 e. The minimum absolute atomic E-state index is 0.0286. The van der Waals surface area contributed by atoms with E-state index >= 15 is 0 Å². The van der Waals surface area contributed by atoms with Crippen LogP contribution in [0.5, 0.6) is 11.5 Å². The van der Waals surface area contributed by atoms with Crippen molar-refractivity contribution in [3.63, 3.8) is 0 Å². The van der Waals surface area contributed by atoms with Gasteiger partial charge in [0.05, 0.1) is 30.7 Å². The molecule has 4 rings (SSSR count). The molecule has 198 valence electrons. The van der Waals surface area contributed by atoms with Gasteiger partial charge >= 0.3 is 0 Å². The summed E-state index contributed by atoms with van der Waals surface area (Å²) in [5, 5.41) is 16.4. The van der Waals surface area contributed by atoms with E-state index < -0.39 is 27.8 Å².